The van der Waals surface area contributed by atoms with Crippen molar-refractivity contribution in [2.24, 2.45) is 0 Å². The molecule has 0 atom stereocenters. The fraction of sp³-hybridized carbons (Fsp3) is 0.429. The Hall–Kier alpha value is -1.62. The van der Waals surface area contributed by atoms with E-state index in [1.165, 1.54) is 12.1 Å². The Balaban J connectivity index is 2.39. The van der Waals surface area contributed by atoms with Crippen LogP contribution in [0.15, 0.2) is 18.2 Å². The van der Waals surface area contributed by atoms with Gasteiger partial charge in [0.25, 0.3) is 0 Å². The summed E-state index contributed by atoms with van der Waals surface area (Å²) in [6.07, 6.45) is 0.179. The first-order valence-electron chi connectivity index (χ1n) is 6.24. The van der Waals surface area contributed by atoms with Crippen molar-refractivity contribution in [2.45, 2.75) is 39.2 Å². The second-order valence-electron chi connectivity index (χ2n) is 4.42. The number of benzene rings is 1. The van der Waals surface area contributed by atoms with Gasteiger partial charge in [-0.15, -0.1) is 0 Å². The van der Waals surface area contributed by atoms with Gasteiger partial charge in [-0.2, -0.15) is 0 Å². The number of carbonyl (C=O) groups is 2. The number of hydrogen-bond donors (Lipinski definition) is 0. The molecule has 0 aromatic heterocycles. The molecule has 0 saturated carbocycles. The number of ether oxygens (including phenoxy) is 2. The first-order valence-corrected chi connectivity index (χ1v) is 6.62. The Morgan fingerprint density at radius 1 is 1.25 bits per heavy atom. The van der Waals surface area contributed by atoms with Gasteiger partial charge < -0.3 is 9.47 Å². The van der Waals surface area contributed by atoms with Gasteiger partial charge in [-0.3, -0.25) is 9.59 Å². The predicted molar refractivity (Wildman–Crippen MR) is 72.1 cm³/mol. The van der Waals surface area contributed by atoms with Crippen LogP contribution in [0.4, 0.5) is 4.39 Å². The number of halogens is 2. The average molecular weight is 303 g/mol. The summed E-state index contributed by atoms with van der Waals surface area (Å²) in [6.45, 7) is 3.48. The number of hydrogen-bond acceptors (Lipinski definition) is 4. The average Bonchev–Trinajstić information content (AvgIpc) is 2.33. The van der Waals surface area contributed by atoms with E-state index in [1.807, 2.05) is 0 Å². The molecule has 0 amide bonds. The first-order chi connectivity index (χ1) is 9.40. The minimum atomic E-state index is -0.704. The minimum Gasteiger partial charge on any atom is -0.463 e. The Kier molecular flexibility index (Phi) is 6.45. The number of para-hydroxylation sites is 1. The highest BCUT2D eigenvalue weighted by Crippen LogP contribution is 2.27. The van der Waals surface area contributed by atoms with Gasteiger partial charge in [-0.25, -0.2) is 4.39 Å². The van der Waals surface area contributed by atoms with Crippen LogP contribution >= 0.6 is 11.6 Å². The summed E-state index contributed by atoms with van der Waals surface area (Å²) >= 11 is 5.72. The minimum absolute atomic E-state index is 0.0160. The molecule has 20 heavy (non-hydrogen) atoms. The molecule has 0 bridgehead atoms. The quantitative estimate of drug-likeness (QED) is 0.596. The molecule has 0 N–H and O–H groups in total. The molecule has 1 aromatic carbocycles. The Bertz CT molecular complexity index is 468. The van der Waals surface area contributed by atoms with Crippen molar-refractivity contribution in [2.75, 3.05) is 0 Å². The molecule has 0 heterocycles. The van der Waals surface area contributed by atoms with Crippen LogP contribution in [0.3, 0.4) is 0 Å². The number of carbonyl (C=O) groups excluding carboxylic acids is 2. The lowest BCUT2D eigenvalue weighted by Gasteiger charge is -2.08. The van der Waals surface area contributed by atoms with Crippen molar-refractivity contribution in [1.29, 1.82) is 0 Å². The monoisotopic (exact) mass is 302 g/mol. The molecule has 0 fully saturated rings. The van der Waals surface area contributed by atoms with Gasteiger partial charge in [0.15, 0.2) is 11.6 Å². The van der Waals surface area contributed by atoms with Crippen LogP contribution in [0.2, 0.25) is 5.02 Å². The molecule has 0 saturated heterocycles. The Morgan fingerprint density at radius 2 is 1.90 bits per heavy atom. The van der Waals surface area contributed by atoms with Crippen molar-refractivity contribution >= 4 is 23.5 Å². The number of esters is 2. The summed E-state index contributed by atoms with van der Waals surface area (Å²) in [5.74, 6) is -2.01. The summed E-state index contributed by atoms with van der Waals surface area (Å²) in [5, 5.41) is 0.0255. The van der Waals surface area contributed by atoms with Crippen molar-refractivity contribution in [3.05, 3.63) is 29.0 Å². The third kappa shape index (κ3) is 5.57. The Morgan fingerprint density at radius 3 is 2.50 bits per heavy atom. The maximum Gasteiger partial charge on any atom is 0.311 e. The van der Waals surface area contributed by atoms with Crippen molar-refractivity contribution in [3.8, 4) is 5.75 Å². The first kappa shape index (κ1) is 16.4. The standard InChI is InChI=1S/C14H16ClFO4/c1-9(2)19-12(17)7-4-8-13(18)20-14-10(15)5-3-6-11(14)16/h3,5-6,9H,4,7-8H2,1-2H3. The van der Waals surface area contributed by atoms with Crippen LogP contribution in [-0.4, -0.2) is 18.0 Å². The third-order valence-electron chi connectivity index (χ3n) is 2.26. The molecule has 0 aliphatic heterocycles. The molecule has 110 valence electrons. The van der Waals surface area contributed by atoms with E-state index in [1.54, 1.807) is 13.8 Å². The van der Waals surface area contributed by atoms with Crippen molar-refractivity contribution in [3.63, 3.8) is 0 Å². The third-order valence-corrected chi connectivity index (χ3v) is 2.56. The van der Waals surface area contributed by atoms with Gasteiger partial charge in [0, 0.05) is 12.8 Å². The van der Waals surface area contributed by atoms with Crippen LogP contribution in [0.5, 0.6) is 5.75 Å². The van der Waals surface area contributed by atoms with Crippen molar-refractivity contribution < 1.29 is 23.5 Å². The van der Waals surface area contributed by atoms with Crippen molar-refractivity contribution in [1.82, 2.24) is 0 Å². The van der Waals surface area contributed by atoms with Gasteiger partial charge in [-0.05, 0) is 32.4 Å². The summed E-state index contributed by atoms with van der Waals surface area (Å²) < 4.78 is 23.1. The zero-order valence-corrected chi connectivity index (χ0v) is 12.1. The largest absolute Gasteiger partial charge is 0.463 e. The van der Waals surface area contributed by atoms with Gasteiger partial charge in [0.1, 0.15) is 0 Å². The highest BCUT2D eigenvalue weighted by atomic mass is 35.5. The maximum absolute atomic E-state index is 13.4. The molecular weight excluding hydrogens is 287 g/mol. The molecule has 1 aromatic rings. The molecule has 1 rings (SSSR count). The summed E-state index contributed by atoms with van der Waals surface area (Å²) in [4.78, 5) is 22.8. The van der Waals surface area contributed by atoms with Crippen LogP contribution < -0.4 is 4.74 Å². The van der Waals surface area contributed by atoms with E-state index in [9.17, 15) is 14.0 Å². The lowest BCUT2D eigenvalue weighted by Crippen LogP contribution is -2.13. The number of rotatable bonds is 6. The zero-order chi connectivity index (χ0) is 15.1. The molecule has 0 aliphatic rings. The lowest BCUT2D eigenvalue weighted by atomic mass is 10.2. The smallest absolute Gasteiger partial charge is 0.311 e. The highest BCUT2D eigenvalue weighted by Gasteiger charge is 2.14. The summed E-state index contributed by atoms with van der Waals surface area (Å²) in [5.41, 5.74) is 0. The van der Waals surface area contributed by atoms with Crippen LogP contribution in [0, 0.1) is 5.82 Å². The normalized spacial score (nSPS) is 10.4. The lowest BCUT2D eigenvalue weighted by molar-refractivity contribution is -0.147. The molecular formula is C14H16ClFO4. The highest BCUT2D eigenvalue weighted by molar-refractivity contribution is 6.32. The van der Waals surface area contributed by atoms with Gasteiger partial charge in [-0.1, -0.05) is 17.7 Å². The molecule has 0 radical (unpaired) electrons. The predicted octanol–water partition coefficient (Wildman–Crippen LogP) is 3.51. The SMILES string of the molecule is CC(C)OC(=O)CCCC(=O)Oc1c(F)cccc1Cl. The molecule has 4 nitrogen and oxygen atoms in total. The van der Waals surface area contributed by atoms with Crippen LogP contribution in [0.25, 0.3) is 0 Å². The van der Waals surface area contributed by atoms with Crippen LogP contribution in [-0.2, 0) is 14.3 Å². The van der Waals surface area contributed by atoms with E-state index in [-0.39, 0.29) is 42.1 Å². The zero-order valence-electron chi connectivity index (χ0n) is 11.3. The van der Waals surface area contributed by atoms with Gasteiger partial charge >= 0.3 is 11.9 Å². The fourth-order valence-corrected chi connectivity index (χ4v) is 1.65. The van der Waals surface area contributed by atoms with E-state index in [4.69, 9.17) is 21.1 Å². The van der Waals surface area contributed by atoms with E-state index in [0.717, 1.165) is 6.07 Å². The van der Waals surface area contributed by atoms with E-state index >= 15 is 0 Å². The van der Waals surface area contributed by atoms with Gasteiger partial charge in [0.05, 0.1) is 11.1 Å². The van der Waals surface area contributed by atoms with E-state index < -0.39 is 11.8 Å². The van der Waals surface area contributed by atoms with E-state index in [2.05, 4.69) is 0 Å². The summed E-state index contributed by atoms with van der Waals surface area (Å²) in [7, 11) is 0. The summed E-state index contributed by atoms with van der Waals surface area (Å²) in [6, 6.07) is 3.98. The second kappa shape index (κ2) is 7.85. The maximum atomic E-state index is 13.4. The Labute approximate surface area is 121 Å². The molecule has 0 unspecified atom stereocenters. The molecule has 0 spiro atoms. The molecule has 0 aliphatic carbocycles. The topological polar surface area (TPSA) is 52.6 Å². The fourth-order valence-electron chi connectivity index (χ4n) is 1.44. The van der Waals surface area contributed by atoms with Crippen LogP contribution in [0.1, 0.15) is 33.1 Å². The second-order valence-corrected chi connectivity index (χ2v) is 4.82. The molecule has 6 heteroatoms. The van der Waals surface area contributed by atoms with E-state index in [0.29, 0.717) is 0 Å². The van der Waals surface area contributed by atoms with Gasteiger partial charge in [0.2, 0.25) is 0 Å².